The third kappa shape index (κ3) is 6.29. The van der Waals surface area contributed by atoms with Crippen LogP contribution in [0, 0.1) is 0 Å². The molecule has 0 spiro atoms. The quantitative estimate of drug-likeness (QED) is 0.280. The molecular weight excluding hydrogens is 517 g/mol. The van der Waals surface area contributed by atoms with Crippen molar-refractivity contribution in [3.05, 3.63) is 65.4 Å². The van der Waals surface area contributed by atoms with E-state index in [1.165, 1.54) is 4.31 Å². The molecule has 3 N–H and O–H groups in total. The van der Waals surface area contributed by atoms with E-state index in [1.807, 2.05) is 19.1 Å². The number of nitrogens with one attached hydrogen (secondary N) is 3. The molecule has 0 unspecified atom stereocenters. The lowest BCUT2D eigenvalue weighted by Crippen LogP contribution is -2.34. The number of aromatic nitrogens is 2. The molecule has 0 saturated carbocycles. The van der Waals surface area contributed by atoms with E-state index in [4.69, 9.17) is 0 Å². The normalized spacial score (nSPS) is 13.1. The maximum atomic E-state index is 13.8. The molecular formula is C26H31F3N6O2S. The Balaban J connectivity index is 1.62. The van der Waals surface area contributed by atoms with E-state index in [9.17, 15) is 21.6 Å². The molecule has 4 rings (SSSR count). The van der Waals surface area contributed by atoms with Crippen LogP contribution in [0.2, 0.25) is 0 Å². The Labute approximate surface area is 220 Å². The standard InChI is InChI=1S/C26H31F3N6O2S/c1-3-5-14-35(38(36,37)4-2)23-9-7-6-8-19(23)16-31-24-21(26(27,28)29)17-32-25(34-24)33-20-10-11-22-18(15-20)12-13-30-22/h6-11,15,17,30H,3-5,12-14,16H2,1-2H3,(H2,31,32,33,34). The second kappa shape index (κ2) is 11.5. The predicted molar refractivity (Wildman–Crippen MR) is 144 cm³/mol. The number of benzene rings is 2. The smallest absolute Gasteiger partial charge is 0.384 e. The van der Waals surface area contributed by atoms with Crippen LogP contribution in [0.1, 0.15) is 43.4 Å². The minimum Gasteiger partial charge on any atom is -0.384 e. The van der Waals surface area contributed by atoms with E-state index in [0.29, 0.717) is 23.4 Å². The minimum absolute atomic E-state index is 0.0119. The van der Waals surface area contributed by atoms with Crippen molar-refractivity contribution in [1.82, 2.24) is 9.97 Å². The van der Waals surface area contributed by atoms with E-state index < -0.39 is 27.6 Å². The summed E-state index contributed by atoms with van der Waals surface area (Å²) >= 11 is 0. The minimum atomic E-state index is -4.68. The van der Waals surface area contributed by atoms with Gasteiger partial charge in [0.1, 0.15) is 11.4 Å². The summed E-state index contributed by atoms with van der Waals surface area (Å²) in [7, 11) is -3.58. The number of para-hydroxylation sites is 1. The average molecular weight is 549 g/mol. The molecule has 0 aliphatic carbocycles. The zero-order chi connectivity index (χ0) is 27.3. The first-order valence-corrected chi connectivity index (χ1v) is 14.1. The molecule has 1 aromatic heterocycles. The van der Waals surface area contributed by atoms with E-state index in [-0.39, 0.29) is 24.8 Å². The van der Waals surface area contributed by atoms with Crippen molar-refractivity contribution in [3.63, 3.8) is 0 Å². The van der Waals surface area contributed by atoms with Crippen LogP contribution in [0.5, 0.6) is 0 Å². The van der Waals surface area contributed by atoms with E-state index in [1.54, 1.807) is 37.3 Å². The molecule has 3 aromatic rings. The molecule has 1 aliphatic heterocycles. The molecule has 0 saturated heterocycles. The number of halogens is 3. The van der Waals surface area contributed by atoms with Gasteiger partial charge in [0.25, 0.3) is 0 Å². The van der Waals surface area contributed by atoms with Crippen molar-refractivity contribution >= 4 is 38.9 Å². The first-order chi connectivity index (χ1) is 18.1. The highest BCUT2D eigenvalue weighted by atomic mass is 32.2. The van der Waals surface area contributed by atoms with Gasteiger partial charge in [0.2, 0.25) is 16.0 Å². The SMILES string of the molecule is CCCCN(c1ccccc1CNc1nc(Nc2ccc3c(c2)CCN3)ncc1C(F)(F)F)S(=O)(=O)CC. The van der Waals surface area contributed by atoms with Crippen LogP contribution in [-0.2, 0) is 29.2 Å². The topological polar surface area (TPSA) is 99.2 Å². The Morgan fingerprint density at radius 3 is 2.66 bits per heavy atom. The summed E-state index contributed by atoms with van der Waals surface area (Å²) in [6, 6.07) is 12.4. The Morgan fingerprint density at radius 1 is 1.13 bits per heavy atom. The van der Waals surface area contributed by atoms with E-state index in [2.05, 4.69) is 25.9 Å². The van der Waals surface area contributed by atoms with Crippen LogP contribution in [0.15, 0.2) is 48.7 Å². The third-order valence-corrected chi connectivity index (χ3v) is 8.07. The fraction of sp³-hybridized carbons (Fsp3) is 0.385. The van der Waals surface area contributed by atoms with Gasteiger partial charge in [-0.2, -0.15) is 18.2 Å². The second-order valence-electron chi connectivity index (χ2n) is 8.94. The summed E-state index contributed by atoms with van der Waals surface area (Å²) in [5.74, 6) is -0.472. The predicted octanol–water partition coefficient (Wildman–Crippen LogP) is 5.78. The molecule has 204 valence electrons. The molecule has 1 aliphatic rings. The van der Waals surface area contributed by atoms with Gasteiger partial charge in [-0.15, -0.1) is 0 Å². The fourth-order valence-corrected chi connectivity index (χ4v) is 5.44. The van der Waals surface area contributed by atoms with Gasteiger partial charge < -0.3 is 16.0 Å². The Morgan fingerprint density at radius 2 is 1.92 bits per heavy atom. The molecule has 0 radical (unpaired) electrons. The maximum Gasteiger partial charge on any atom is 0.421 e. The summed E-state index contributed by atoms with van der Waals surface area (Å²) in [4.78, 5) is 8.02. The van der Waals surface area contributed by atoms with Gasteiger partial charge in [0.15, 0.2) is 0 Å². The molecule has 0 bridgehead atoms. The molecule has 38 heavy (non-hydrogen) atoms. The zero-order valence-electron chi connectivity index (χ0n) is 21.3. The summed E-state index contributed by atoms with van der Waals surface area (Å²) in [5.41, 5.74) is 2.76. The monoisotopic (exact) mass is 548 g/mol. The van der Waals surface area contributed by atoms with Crippen molar-refractivity contribution in [2.24, 2.45) is 0 Å². The molecule has 12 heteroatoms. The van der Waals surface area contributed by atoms with Crippen molar-refractivity contribution < 1.29 is 21.6 Å². The second-order valence-corrected chi connectivity index (χ2v) is 11.1. The molecule has 0 atom stereocenters. The number of rotatable bonds is 11. The number of alkyl halides is 3. The summed E-state index contributed by atoms with van der Waals surface area (Å²) in [5, 5.41) is 9.03. The van der Waals surface area contributed by atoms with Gasteiger partial charge >= 0.3 is 6.18 Å². The van der Waals surface area contributed by atoms with Crippen LogP contribution in [0.3, 0.4) is 0 Å². The van der Waals surface area contributed by atoms with Gasteiger partial charge in [-0.3, -0.25) is 4.31 Å². The van der Waals surface area contributed by atoms with Crippen LogP contribution in [0.25, 0.3) is 0 Å². The molecule has 2 aromatic carbocycles. The van der Waals surface area contributed by atoms with Crippen LogP contribution in [0.4, 0.5) is 42.0 Å². The summed E-state index contributed by atoms with van der Waals surface area (Å²) in [6.45, 7) is 4.58. The maximum absolute atomic E-state index is 13.8. The van der Waals surface area contributed by atoms with Crippen molar-refractivity contribution in [1.29, 1.82) is 0 Å². The number of anilines is 5. The lowest BCUT2D eigenvalue weighted by atomic mass is 10.1. The largest absolute Gasteiger partial charge is 0.421 e. The van der Waals surface area contributed by atoms with E-state index >= 15 is 0 Å². The van der Waals surface area contributed by atoms with E-state index in [0.717, 1.165) is 36.8 Å². The number of nitrogens with zero attached hydrogens (tertiary/aromatic N) is 3. The van der Waals surface area contributed by atoms with Gasteiger partial charge in [-0.05, 0) is 55.2 Å². The highest BCUT2D eigenvalue weighted by molar-refractivity contribution is 7.92. The van der Waals surface area contributed by atoms with Crippen LogP contribution < -0.4 is 20.3 Å². The van der Waals surface area contributed by atoms with Crippen molar-refractivity contribution in [2.45, 2.75) is 45.8 Å². The molecule has 8 nitrogen and oxygen atoms in total. The Kier molecular flexibility index (Phi) is 8.29. The third-order valence-electron chi connectivity index (χ3n) is 6.29. The van der Waals surface area contributed by atoms with Crippen molar-refractivity contribution in [3.8, 4) is 0 Å². The summed E-state index contributed by atoms with van der Waals surface area (Å²) in [6.07, 6.45) is -1.64. The van der Waals surface area contributed by atoms with Gasteiger partial charge in [-0.1, -0.05) is 31.5 Å². The highest BCUT2D eigenvalue weighted by Gasteiger charge is 2.35. The number of hydrogen-bond acceptors (Lipinski definition) is 7. The summed E-state index contributed by atoms with van der Waals surface area (Å²) < 4.78 is 68.4. The molecule has 0 amide bonds. The first kappa shape index (κ1) is 27.5. The van der Waals surface area contributed by atoms with Gasteiger partial charge in [-0.25, -0.2) is 13.4 Å². The Hall–Kier alpha value is -3.54. The van der Waals surface area contributed by atoms with Crippen LogP contribution in [-0.4, -0.2) is 37.2 Å². The number of fused-ring (bicyclic) bond motifs is 1. The lowest BCUT2D eigenvalue weighted by Gasteiger charge is -2.26. The van der Waals surface area contributed by atoms with Crippen molar-refractivity contribution in [2.75, 3.05) is 39.1 Å². The number of hydrogen-bond donors (Lipinski definition) is 3. The highest BCUT2D eigenvalue weighted by Crippen LogP contribution is 2.35. The average Bonchev–Trinajstić information content (AvgIpc) is 3.35. The number of unbranched alkanes of at least 4 members (excludes halogenated alkanes) is 1. The van der Waals surface area contributed by atoms with Gasteiger partial charge in [0.05, 0.1) is 11.4 Å². The lowest BCUT2D eigenvalue weighted by molar-refractivity contribution is -0.137. The zero-order valence-corrected chi connectivity index (χ0v) is 22.1. The number of sulfonamides is 1. The Bertz CT molecular complexity index is 1380. The first-order valence-electron chi connectivity index (χ1n) is 12.5. The van der Waals surface area contributed by atoms with Gasteiger partial charge in [0, 0.05) is 37.2 Å². The fourth-order valence-electron chi connectivity index (χ4n) is 4.25. The molecule has 0 fully saturated rings. The molecule has 2 heterocycles. The van der Waals surface area contributed by atoms with Crippen LogP contribution >= 0.6 is 0 Å².